The second kappa shape index (κ2) is 8.82. The van der Waals surface area contributed by atoms with Gasteiger partial charge in [0.2, 0.25) is 5.91 Å². The third-order valence-corrected chi connectivity index (χ3v) is 5.29. The van der Waals surface area contributed by atoms with Crippen molar-refractivity contribution in [3.63, 3.8) is 0 Å². The molecule has 0 unspecified atom stereocenters. The van der Waals surface area contributed by atoms with Crippen LogP contribution in [0.15, 0.2) is 55.1 Å². The Morgan fingerprint density at radius 1 is 1.07 bits per heavy atom. The Bertz CT molecular complexity index is 994. The van der Waals surface area contributed by atoms with Crippen LogP contribution in [-0.2, 0) is 4.79 Å². The van der Waals surface area contributed by atoms with Gasteiger partial charge in [-0.05, 0) is 50.1 Å². The van der Waals surface area contributed by atoms with E-state index in [9.17, 15) is 9.59 Å². The van der Waals surface area contributed by atoms with Crippen molar-refractivity contribution in [3.05, 3.63) is 77.4 Å². The van der Waals surface area contributed by atoms with E-state index < -0.39 is 0 Å². The molecule has 150 valence electrons. The Balaban J connectivity index is 1.60. The lowest BCUT2D eigenvalue weighted by molar-refractivity contribution is -0.131. The lowest BCUT2D eigenvalue weighted by atomic mass is 9.99. The van der Waals surface area contributed by atoms with Crippen LogP contribution in [-0.4, -0.2) is 38.4 Å². The Morgan fingerprint density at radius 3 is 2.45 bits per heavy atom. The molecule has 0 aliphatic heterocycles. The number of aromatic nitrogens is 3. The Labute approximate surface area is 171 Å². The van der Waals surface area contributed by atoms with Crippen LogP contribution in [0.2, 0.25) is 0 Å². The van der Waals surface area contributed by atoms with E-state index in [1.165, 1.54) is 6.33 Å². The molecule has 3 aromatic rings. The number of rotatable bonds is 7. The second-order valence-electron chi connectivity index (χ2n) is 7.35. The van der Waals surface area contributed by atoms with Crippen LogP contribution in [0.25, 0.3) is 5.69 Å². The highest BCUT2D eigenvalue weighted by Crippen LogP contribution is 2.22. The van der Waals surface area contributed by atoms with E-state index in [0.29, 0.717) is 5.56 Å². The quantitative estimate of drug-likeness (QED) is 0.571. The van der Waals surface area contributed by atoms with Gasteiger partial charge in [0, 0.05) is 25.5 Å². The molecule has 6 nitrogen and oxygen atoms in total. The van der Waals surface area contributed by atoms with Gasteiger partial charge >= 0.3 is 0 Å². The van der Waals surface area contributed by atoms with Gasteiger partial charge in [-0.1, -0.05) is 29.8 Å². The molecule has 0 saturated heterocycles. The van der Waals surface area contributed by atoms with E-state index in [1.54, 1.807) is 23.0 Å². The van der Waals surface area contributed by atoms with Gasteiger partial charge in [-0.15, -0.1) is 0 Å². The Morgan fingerprint density at radius 2 is 1.79 bits per heavy atom. The maximum atomic E-state index is 12.7. The Kier molecular flexibility index (Phi) is 6.22. The molecular weight excluding hydrogens is 364 g/mol. The smallest absolute Gasteiger partial charge is 0.223 e. The summed E-state index contributed by atoms with van der Waals surface area (Å²) in [5.74, 6) is -0.0331. The first-order valence-corrected chi connectivity index (χ1v) is 9.68. The first-order chi connectivity index (χ1) is 13.9. The van der Waals surface area contributed by atoms with E-state index in [4.69, 9.17) is 0 Å². The number of benzene rings is 2. The average Bonchev–Trinajstić information content (AvgIpc) is 3.27. The molecule has 0 aliphatic carbocycles. The standard InChI is InChI=1S/C23H26N4O2/c1-16-5-6-17(2)21(13-16)22(28)11-12-23(29)26(4)18(3)19-7-9-20(10-8-19)27-15-24-14-25-27/h5-10,13-15,18H,11-12H2,1-4H3/t18-/m1/s1. The second-order valence-corrected chi connectivity index (χ2v) is 7.35. The van der Waals surface area contributed by atoms with Gasteiger partial charge in [-0.25, -0.2) is 9.67 Å². The molecule has 6 heteroatoms. The molecule has 0 aliphatic rings. The summed E-state index contributed by atoms with van der Waals surface area (Å²) in [6.45, 7) is 5.87. The Hall–Kier alpha value is -3.28. The summed E-state index contributed by atoms with van der Waals surface area (Å²) in [6.07, 6.45) is 3.54. The van der Waals surface area contributed by atoms with Crippen molar-refractivity contribution >= 4 is 11.7 Å². The number of hydrogen-bond donors (Lipinski definition) is 0. The van der Waals surface area contributed by atoms with Crippen molar-refractivity contribution in [2.75, 3.05) is 7.05 Å². The van der Waals surface area contributed by atoms with E-state index in [-0.39, 0.29) is 30.6 Å². The maximum Gasteiger partial charge on any atom is 0.223 e. The molecule has 1 atom stereocenters. The zero-order valence-corrected chi connectivity index (χ0v) is 17.3. The van der Waals surface area contributed by atoms with Gasteiger partial charge in [0.05, 0.1) is 11.7 Å². The van der Waals surface area contributed by atoms with Crippen molar-refractivity contribution in [1.82, 2.24) is 19.7 Å². The zero-order valence-electron chi connectivity index (χ0n) is 17.3. The van der Waals surface area contributed by atoms with Gasteiger partial charge in [0.25, 0.3) is 0 Å². The average molecular weight is 390 g/mol. The minimum Gasteiger partial charge on any atom is -0.339 e. The van der Waals surface area contributed by atoms with Crippen LogP contribution in [0.5, 0.6) is 0 Å². The highest BCUT2D eigenvalue weighted by molar-refractivity contribution is 5.99. The molecule has 3 rings (SSSR count). The van der Waals surface area contributed by atoms with E-state index >= 15 is 0 Å². The lowest BCUT2D eigenvalue weighted by Crippen LogP contribution is -2.30. The fourth-order valence-electron chi connectivity index (χ4n) is 3.25. The fraction of sp³-hybridized carbons (Fsp3) is 0.304. The number of aryl methyl sites for hydroxylation is 2. The minimum atomic E-state index is -0.0943. The molecule has 0 fully saturated rings. The van der Waals surface area contributed by atoms with E-state index in [2.05, 4.69) is 10.1 Å². The molecular formula is C23H26N4O2. The summed E-state index contributed by atoms with van der Waals surface area (Å²) in [6, 6.07) is 13.6. The number of carbonyl (C=O) groups is 2. The first-order valence-electron chi connectivity index (χ1n) is 9.68. The summed E-state index contributed by atoms with van der Waals surface area (Å²) in [5.41, 5.74) is 4.63. The molecule has 0 saturated carbocycles. The molecule has 1 amide bonds. The third kappa shape index (κ3) is 4.77. The predicted molar refractivity (Wildman–Crippen MR) is 112 cm³/mol. The number of nitrogens with zero attached hydrogens (tertiary/aromatic N) is 4. The van der Waals surface area contributed by atoms with Crippen LogP contribution in [0.1, 0.15) is 52.9 Å². The topological polar surface area (TPSA) is 68.1 Å². The van der Waals surface area contributed by atoms with Crippen LogP contribution in [0.3, 0.4) is 0 Å². The molecule has 1 aromatic heterocycles. The lowest BCUT2D eigenvalue weighted by Gasteiger charge is -2.25. The largest absolute Gasteiger partial charge is 0.339 e. The number of amides is 1. The SMILES string of the molecule is Cc1ccc(C)c(C(=O)CCC(=O)N(C)[C@H](C)c2ccc(-n3cncn3)cc2)c1. The number of Topliss-reactive ketones (excluding diaryl/α,β-unsaturated/α-hetero) is 1. The van der Waals surface area contributed by atoms with Gasteiger partial charge in [0.1, 0.15) is 12.7 Å². The highest BCUT2D eigenvalue weighted by atomic mass is 16.2. The normalized spacial score (nSPS) is 11.9. The molecule has 29 heavy (non-hydrogen) atoms. The minimum absolute atomic E-state index is 0.0118. The van der Waals surface area contributed by atoms with Crippen molar-refractivity contribution in [1.29, 1.82) is 0 Å². The van der Waals surface area contributed by atoms with Gasteiger partial charge in [-0.2, -0.15) is 5.10 Å². The summed E-state index contributed by atoms with van der Waals surface area (Å²) < 4.78 is 1.68. The maximum absolute atomic E-state index is 12.7. The van der Waals surface area contributed by atoms with Crippen molar-refractivity contribution in [2.24, 2.45) is 0 Å². The third-order valence-electron chi connectivity index (χ3n) is 5.29. The molecule has 0 spiro atoms. The number of hydrogen-bond acceptors (Lipinski definition) is 4. The molecule has 0 N–H and O–H groups in total. The number of carbonyl (C=O) groups excluding carboxylic acids is 2. The molecule has 1 heterocycles. The molecule has 0 bridgehead atoms. The molecule has 2 aromatic carbocycles. The van der Waals surface area contributed by atoms with E-state index in [1.807, 2.05) is 63.2 Å². The van der Waals surface area contributed by atoms with Crippen LogP contribution >= 0.6 is 0 Å². The van der Waals surface area contributed by atoms with Crippen molar-refractivity contribution in [3.8, 4) is 5.69 Å². The monoisotopic (exact) mass is 390 g/mol. The molecule has 0 radical (unpaired) electrons. The predicted octanol–water partition coefficient (Wildman–Crippen LogP) is 4.07. The fourth-order valence-corrected chi connectivity index (χ4v) is 3.25. The summed E-state index contributed by atoms with van der Waals surface area (Å²) >= 11 is 0. The van der Waals surface area contributed by atoms with Gasteiger partial charge < -0.3 is 4.90 Å². The van der Waals surface area contributed by atoms with E-state index in [0.717, 1.165) is 22.4 Å². The first kappa shape index (κ1) is 20.5. The summed E-state index contributed by atoms with van der Waals surface area (Å²) in [7, 11) is 1.78. The zero-order chi connectivity index (χ0) is 21.0. The summed E-state index contributed by atoms with van der Waals surface area (Å²) in [4.78, 5) is 30.8. The number of ketones is 1. The summed E-state index contributed by atoms with van der Waals surface area (Å²) in [5, 5.41) is 4.11. The van der Waals surface area contributed by atoms with Gasteiger partial charge in [0.15, 0.2) is 5.78 Å². The van der Waals surface area contributed by atoms with Crippen LogP contribution in [0.4, 0.5) is 0 Å². The highest BCUT2D eigenvalue weighted by Gasteiger charge is 2.19. The van der Waals surface area contributed by atoms with Crippen molar-refractivity contribution < 1.29 is 9.59 Å². The van der Waals surface area contributed by atoms with Crippen LogP contribution < -0.4 is 0 Å². The van der Waals surface area contributed by atoms with Crippen molar-refractivity contribution in [2.45, 2.75) is 39.7 Å². The van der Waals surface area contributed by atoms with Crippen LogP contribution in [0, 0.1) is 13.8 Å². The van der Waals surface area contributed by atoms with Gasteiger partial charge in [-0.3, -0.25) is 9.59 Å².